The number of aromatic nitrogens is 1. The van der Waals surface area contributed by atoms with Crippen molar-refractivity contribution in [3.05, 3.63) is 82.4 Å². The second kappa shape index (κ2) is 7.69. The third-order valence-corrected chi connectivity index (χ3v) is 5.39. The number of nitro groups is 1. The van der Waals surface area contributed by atoms with Gasteiger partial charge in [-0.05, 0) is 30.3 Å². The van der Waals surface area contributed by atoms with Crippen LogP contribution in [0.3, 0.4) is 0 Å². The molecular weight excluding hydrogens is 390 g/mol. The molecule has 0 aliphatic rings. The zero-order chi connectivity index (χ0) is 20.4. The van der Waals surface area contributed by atoms with Gasteiger partial charge in [0.1, 0.15) is 10.8 Å². The number of carbonyl (C=O) groups excluding carboxylic acids is 1. The van der Waals surface area contributed by atoms with Crippen LogP contribution in [0.5, 0.6) is 5.75 Å². The van der Waals surface area contributed by atoms with Crippen molar-refractivity contribution >= 4 is 38.8 Å². The van der Waals surface area contributed by atoms with Crippen molar-refractivity contribution in [1.29, 1.82) is 0 Å². The molecule has 1 N–H and O–H groups in total. The Morgan fingerprint density at radius 1 is 1.10 bits per heavy atom. The molecule has 0 bridgehead atoms. The first-order chi connectivity index (χ1) is 14.0. The summed E-state index contributed by atoms with van der Waals surface area (Å²) >= 11 is 1.57. The number of nitrogens with zero attached hydrogens (tertiary/aromatic N) is 2. The number of hydrogen-bond donors (Lipinski definition) is 1. The number of thiazole rings is 1. The van der Waals surface area contributed by atoms with Crippen molar-refractivity contribution in [2.75, 3.05) is 12.4 Å². The largest absolute Gasteiger partial charge is 0.496 e. The van der Waals surface area contributed by atoms with E-state index in [1.54, 1.807) is 17.4 Å². The molecule has 0 aliphatic carbocycles. The zero-order valence-electron chi connectivity index (χ0n) is 15.3. The normalized spacial score (nSPS) is 10.7. The average Bonchev–Trinajstić information content (AvgIpc) is 3.17. The van der Waals surface area contributed by atoms with Crippen LogP contribution in [0.15, 0.2) is 66.7 Å². The summed E-state index contributed by atoms with van der Waals surface area (Å²) in [5.41, 5.74) is 2.25. The molecular formula is C21H15N3O4S. The topological polar surface area (TPSA) is 94.4 Å². The van der Waals surface area contributed by atoms with Gasteiger partial charge in [0.05, 0.1) is 27.8 Å². The number of nitro benzene ring substituents is 1. The van der Waals surface area contributed by atoms with E-state index in [2.05, 4.69) is 10.3 Å². The molecule has 0 fully saturated rings. The van der Waals surface area contributed by atoms with E-state index < -0.39 is 10.8 Å². The lowest BCUT2D eigenvalue weighted by atomic mass is 10.1. The molecule has 1 amide bonds. The number of amides is 1. The maximum absolute atomic E-state index is 12.7. The highest BCUT2D eigenvalue weighted by Gasteiger charge is 2.18. The lowest BCUT2D eigenvalue weighted by Gasteiger charge is -2.10. The van der Waals surface area contributed by atoms with Crippen LogP contribution < -0.4 is 10.1 Å². The quantitative estimate of drug-likeness (QED) is 0.367. The Morgan fingerprint density at radius 2 is 1.93 bits per heavy atom. The Bertz CT molecular complexity index is 1200. The number of non-ortho nitro benzene ring substituents is 1. The maximum atomic E-state index is 12.7. The number of rotatable bonds is 5. The summed E-state index contributed by atoms with van der Waals surface area (Å²) in [6.45, 7) is 0. The van der Waals surface area contributed by atoms with Gasteiger partial charge in [-0.2, -0.15) is 0 Å². The summed E-state index contributed by atoms with van der Waals surface area (Å²) in [7, 11) is 1.41. The fourth-order valence-electron chi connectivity index (χ4n) is 2.91. The second-order valence-corrected chi connectivity index (χ2v) is 7.19. The molecule has 3 aromatic carbocycles. The number of anilines is 1. The highest BCUT2D eigenvalue weighted by atomic mass is 32.1. The van der Waals surface area contributed by atoms with E-state index >= 15 is 0 Å². The Hall–Kier alpha value is -3.78. The first-order valence-electron chi connectivity index (χ1n) is 8.65. The molecule has 7 nitrogen and oxygen atoms in total. The number of nitrogens with one attached hydrogen (secondary N) is 1. The van der Waals surface area contributed by atoms with Crippen LogP contribution in [0.1, 0.15) is 10.4 Å². The second-order valence-electron chi connectivity index (χ2n) is 6.16. The van der Waals surface area contributed by atoms with Crippen LogP contribution in [0.25, 0.3) is 20.8 Å². The van der Waals surface area contributed by atoms with Gasteiger partial charge in [0, 0.05) is 23.4 Å². The van der Waals surface area contributed by atoms with Gasteiger partial charge in [-0.25, -0.2) is 4.98 Å². The fraction of sp³-hybridized carbons (Fsp3) is 0.0476. The van der Waals surface area contributed by atoms with Crippen LogP contribution in [0.2, 0.25) is 0 Å². The lowest BCUT2D eigenvalue weighted by Crippen LogP contribution is -2.13. The zero-order valence-corrected chi connectivity index (χ0v) is 16.1. The van der Waals surface area contributed by atoms with Crippen molar-refractivity contribution in [2.45, 2.75) is 0 Å². The number of methoxy groups -OCH3 is 1. The fourth-order valence-corrected chi connectivity index (χ4v) is 3.87. The van der Waals surface area contributed by atoms with Gasteiger partial charge in [0.2, 0.25) is 0 Å². The summed E-state index contributed by atoms with van der Waals surface area (Å²) < 4.78 is 6.26. The van der Waals surface area contributed by atoms with Crippen LogP contribution >= 0.6 is 11.3 Å². The molecule has 0 spiro atoms. The molecule has 0 aliphatic heterocycles. The Kier molecular flexibility index (Phi) is 4.92. The highest BCUT2D eigenvalue weighted by Crippen LogP contribution is 2.31. The minimum Gasteiger partial charge on any atom is -0.496 e. The minimum absolute atomic E-state index is 0.0899. The van der Waals surface area contributed by atoms with Gasteiger partial charge in [0.15, 0.2) is 0 Å². The minimum atomic E-state index is -0.552. The third-order valence-electron chi connectivity index (χ3n) is 4.30. The number of carbonyl (C=O) groups is 1. The standard InChI is InChI=1S/C21H15N3O4S/c1-28-18-10-9-15(24(26)27)12-16(18)20(25)22-14-6-4-5-13(11-14)21-23-17-7-2-3-8-19(17)29-21/h2-12H,1H3,(H,22,25). The Labute approximate surface area is 169 Å². The average molecular weight is 405 g/mol. The summed E-state index contributed by atoms with van der Waals surface area (Å²) in [5, 5.41) is 14.7. The molecule has 8 heteroatoms. The van der Waals surface area contributed by atoms with Gasteiger partial charge in [-0.15, -0.1) is 11.3 Å². The van der Waals surface area contributed by atoms with Crippen molar-refractivity contribution < 1.29 is 14.5 Å². The molecule has 4 aromatic rings. The van der Waals surface area contributed by atoms with E-state index in [-0.39, 0.29) is 17.0 Å². The van der Waals surface area contributed by atoms with Gasteiger partial charge in [0.25, 0.3) is 11.6 Å². The van der Waals surface area contributed by atoms with Gasteiger partial charge in [-0.1, -0.05) is 24.3 Å². The van der Waals surface area contributed by atoms with E-state index in [0.717, 1.165) is 20.8 Å². The predicted octanol–water partition coefficient (Wildman–Crippen LogP) is 5.13. The van der Waals surface area contributed by atoms with E-state index in [9.17, 15) is 14.9 Å². The third kappa shape index (κ3) is 3.78. The lowest BCUT2D eigenvalue weighted by molar-refractivity contribution is -0.384. The Morgan fingerprint density at radius 3 is 2.69 bits per heavy atom. The number of fused-ring (bicyclic) bond motifs is 1. The van der Waals surface area contributed by atoms with Crippen molar-refractivity contribution in [3.8, 4) is 16.3 Å². The first kappa shape index (κ1) is 18.6. The number of para-hydroxylation sites is 1. The first-order valence-corrected chi connectivity index (χ1v) is 9.46. The summed E-state index contributed by atoms with van der Waals surface area (Å²) in [6.07, 6.45) is 0. The predicted molar refractivity (Wildman–Crippen MR) is 113 cm³/mol. The van der Waals surface area contributed by atoms with Crippen LogP contribution in [0.4, 0.5) is 11.4 Å². The highest BCUT2D eigenvalue weighted by molar-refractivity contribution is 7.21. The van der Waals surface area contributed by atoms with Crippen molar-refractivity contribution in [1.82, 2.24) is 4.98 Å². The van der Waals surface area contributed by atoms with E-state index in [0.29, 0.717) is 5.69 Å². The summed E-state index contributed by atoms with van der Waals surface area (Å²) in [4.78, 5) is 27.8. The number of benzene rings is 3. The summed E-state index contributed by atoms with van der Waals surface area (Å²) in [5.74, 6) is -0.234. The van der Waals surface area contributed by atoms with Crippen molar-refractivity contribution in [2.24, 2.45) is 0 Å². The van der Waals surface area contributed by atoms with Gasteiger partial charge < -0.3 is 10.1 Å². The van der Waals surface area contributed by atoms with Crippen LogP contribution in [0, 0.1) is 10.1 Å². The molecule has 4 rings (SSSR count). The van der Waals surface area contributed by atoms with Crippen molar-refractivity contribution in [3.63, 3.8) is 0 Å². The van der Waals surface area contributed by atoms with Crippen LogP contribution in [-0.4, -0.2) is 22.9 Å². The van der Waals surface area contributed by atoms with Gasteiger partial charge >= 0.3 is 0 Å². The monoisotopic (exact) mass is 405 g/mol. The molecule has 29 heavy (non-hydrogen) atoms. The molecule has 0 atom stereocenters. The molecule has 1 heterocycles. The molecule has 0 unspecified atom stereocenters. The van der Waals surface area contributed by atoms with Crippen LogP contribution in [-0.2, 0) is 0 Å². The number of ether oxygens (including phenoxy) is 1. The Balaban J connectivity index is 1.63. The molecule has 144 valence electrons. The molecule has 0 saturated carbocycles. The summed E-state index contributed by atoms with van der Waals surface area (Å²) in [6, 6.07) is 19.1. The molecule has 0 saturated heterocycles. The van der Waals surface area contributed by atoms with E-state index in [1.807, 2.05) is 42.5 Å². The SMILES string of the molecule is COc1ccc([N+](=O)[O-])cc1C(=O)Nc1cccc(-c2nc3ccccc3s2)c1. The molecule has 1 aromatic heterocycles. The molecule has 0 radical (unpaired) electrons. The van der Waals surface area contributed by atoms with E-state index in [4.69, 9.17) is 4.74 Å². The van der Waals surface area contributed by atoms with Gasteiger partial charge in [-0.3, -0.25) is 14.9 Å². The maximum Gasteiger partial charge on any atom is 0.270 e. The number of hydrogen-bond acceptors (Lipinski definition) is 6. The van der Waals surface area contributed by atoms with E-state index in [1.165, 1.54) is 25.3 Å². The smallest absolute Gasteiger partial charge is 0.270 e.